The van der Waals surface area contributed by atoms with Crippen molar-refractivity contribution in [2.24, 2.45) is 5.92 Å². The molecule has 0 aromatic rings. The molecule has 1 saturated heterocycles. The number of rotatable bonds is 5. The summed E-state index contributed by atoms with van der Waals surface area (Å²) in [6, 6.07) is -0.393. The van der Waals surface area contributed by atoms with E-state index in [-0.39, 0.29) is 12.4 Å². The fourth-order valence-electron chi connectivity index (χ4n) is 2.36. The van der Waals surface area contributed by atoms with Crippen molar-refractivity contribution in [3.8, 4) is 0 Å². The van der Waals surface area contributed by atoms with Gasteiger partial charge in [0.05, 0.1) is 31.6 Å². The fraction of sp³-hybridized carbons (Fsp3) is 1.00. The highest BCUT2D eigenvalue weighted by atomic mass is 32.2. The molecule has 17 heavy (non-hydrogen) atoms. The average molecular weight is 263 g/mol. The molecule has 1 atom stereocenters. The Kier molecular flexibility index (Phi) is 4.41. The molecular weight excluding hydrogens is 242 g/mol. The smallest absolute Gasteiger partial charge is 0.214 e. The Hall–Kier alpha value is -0.170. The highest BCUT2D eigenvalue weighted by Gasteiger charge is 2.33. The Morgan fingerprint density at radius 2 is 2.12 bits per heavy atom. The zero-order chi connectivity index (χ0) is 12.3. The molecule has 0 amide bonds. The molecule has 2 aliphatic rings. The van der Waals surface area contributed by atoms with Crippen molar-refractivity contribution in [2.75, 3.05) is 32.1 Å². The summed E-state index contributed by atoms with van der Waals surface area (Å²) in [5.41, 5.74) is 0. The van der Waals surface area contributed by atoms with Crippen molar-refractivity contribution in [1.29, 1.82) is 0 Å². The third-order valence-electron chi connectivity index (χ3n) is 3.75. The summed E-state index contributed by atoms with van der Waals surface area (Å²) in [6.45, 7) is 0.944. The molecule has 0 bridgehead atoms. The summed E-state index contributed by atoms with van der Waals surface area (Å²) in [7, 11) is -3.22. The SMILES string of the molecule is O=S(=O)(CCC1CCC1)N1CCOCC1CO. The van der Waals surface area contributed by atoms with Gasteiger partial charge < -0.3 is 9.84 Å². The van der Waals surface area contributed by atoms with E-state index in [9.17, 15) is 13.5 Å². The third-order valence-corrected chi connectivity index (χ3v) is 5.70. The van der Waals surface area contributed by atoms with E-state index in [1.807, 2.05) is 0 Å². The van der Waals surface area contributed by atoms with E-state index in [4.69, 9.17) is 4.74 Å². The van der Waals surface area contributed by atoms with Crippen LogP contribution in [0.25, 0.3) is 0 Å². The molecule has 0 aromatic heterocycles. The van der Waals surface area contributed by atoms with E-state index in [1.54, 1.807) is 0 Å². The lowest BCUT2D eigenvalue weighted by Crippen LogP contribution is -2.51. The van der Waals surface area contributed by atoms with Crippen LogP contribution in [0.1, 0.15) is 25.7 Å². The second-order valence-corrected chi connectivity index (χ2v) is 6.96. The first-order chi connectivity index (χ1) is 8.13. The minimum absolute atomic E-state index is 0.164. The van der Waals surface area contributed by atoms with Crippen LogP contribution in [-0.2, 0) is 14.8 Å². The lowest BCUT2D eigenvalue weighted by atomic mass is 9.84. The Bertz CT molecular complexity index is 339. The van der Waals surface area contributed by atoms with Gasteiger partial charge in [-0.3, -0.25) is 0 Å². The van der Waals surface area contributed by atoms with Crippen LogP contribution in [0, 0.1) is 5.92 Å². The molecule has 100 valence electrons. The first-order valence-corrected chi connectivity index (χ1v) is 7.92. The summed E-state index contributed by atoms with van der Waals surface area (Å²) in [5, 5.41) is 9.17. The maximum Gasteiger partial charge on any atom is 0.214 e. The molecule has 0 radical (unpaired) electrons. The van der Waals surface area contributed by atoms with Crippen LogP contribution in [0.2, 0.25) is 0 Å². The number of sulfonamides is 1. The number of aliphatic hydroxyl groups is 1. The van der Waals surface area contributed by atoms with E-state index in [1.165, 1.54) is 23.6 Å². The van der Waals surface area contributed by atoms with E-state index in [0.29, 0.717) is 25.7 Å². The maximum absolute atomic E-state index is 12.2. The molecule has 1 heterocycles. The van der Waals surface area contributed by atoms with Crippen LogP contribution in [0.3, 0.4) is 0 Å². The Balaban J connectivity index is 1.92. The normalized spacial score (nSPS) is 27.9. The van der Waals surface area contributed by atoms with Crippen molar-refractivity contribution in [3.05, 3.63) is 0 Å². The monoisotopic (exact) mass is 263 g/mol. The molecule has 1 unspecified atom stereocenters. The molecule has 1 aliphatic carbocycles. The van der Waals surface area contributed by atoms with Gasteiger partial charge in [0.15, 0.2) is 0 Å². The lowest BCUT2D eigenvalue weighted by Gasteiger charge is -2.34. The van der Waals surface area contributed by atoms with Crippen molar-refractivity contribution in [3.63, 3.8) is 0 Å². The highest BCUT2D eigenvalue weighted by Crippen LogP contribution is 2.30. The number of hydrogen-bond donors (Lipinski definition) is 1. The standard InChI is InChI=1S/C11H21NO4S/c13-8-11-9-16-6-5-12(11)17(14,15)7-4-10-2-1-3-10/h10-11,13H,1-9H2. The Labute approximate surface area is 103 Å². The topological polar surface area (TPSA) is 66.8 Å². The van der Waals surface area contributed by atoms with E-state index >= 15 is 0 Å². The van der Waals surface area contributed by atoms with E-state index in [0.717, 1.165) is 6.42 Å². The largest absolute Gasteiger partial charge is 0.395 e. The van der Waals surface area contributed by atoms with Crippen LogP contribution >= 0.6 is 0 Å². The van der Waals surface area contributed by atoms with Crippen LogP contribution in [-0.4, -0.2) is 56.0 Å². The second-order valence-electron chi connectivity index (χ2n) is 4.92. The predicted octanol–water partition coefficient (Wildman–Crippen LogP) is 0.200. The average Bonchev–Trinajstić information content (AvgIpc) is 2.26. The lowest BCUT2D eigenvalue weighted by molar-refractivity contribution is 0.0108. The minimum atomic E-state index is -3.22. The van der Waals surface area contributed by atoms with Crippen LogP contribution in [0.4, 0.5) is 0 Å². The molecule has 0 aromatic carbocycles. The number of nitrogens with zero attached hydrogens (tertiary/aromatic N) is 1. The van der Waals surface area contributed by atoms with Crippen molar-refractivity contribution < 1.29 is 18.3 Å². The van der Waals surface area contributed by atoms with Gasteiger partial charge in [0.25, 0.3) is 0 Å². The number of morpholine rings is 1. The molecule has 2 rings (SSSR count). The van der Waals surface area contributed by atoms with Gasteiger partial charge in [0.2, 0.25) is 10.0 Å². The van der Waals surface area contributed by atoms with Crippen LogP contribution in [0.15, 0.2) is 0 Å². The van der Waals surface area contributed by atoms with Gasteiger partial charge in [-0.15, -0.1) is 0 Å². The summed E-state index contributed by atoms with van der Waals surface area (Å²) in [6.07, 6.45) is 4.34. The number of hydrogen-bond acceptors (Lipinski definition) is 4. The zero-order valence-corrected chi connectivity index (χ0v) is 10.9. The predicted molar refractivity (Wildman–Crippen MR) is 64.1 cm³/mol. The van der Waals surface area contributed by atoms with Crippen LogP contribution in [0.5, 0.6) is 0 Å². The molecule has 0 spiro atoms. The van der Waals surface area contributed by atoms with Crippen molar-refractivity contribution in [2.45, 2.75) is 31.7 Å². The zero-order valence-electron chi connectivity index (χ0n) is 10.0. The summed E-state index contributed by atoms with van der Waals surface area (Å²) >= 11 is 0. The molecule has 1 aliphatic heterocycles. The molecule has 6 heteroatoms. The van der Waals surface area contributed by atoms with Gasteiger partial charge >= 0.3 is 0 Å². The van der Waals surface area contributed by atoms with Gasteiger partial charge in [-0.25, -0.2) is 8.42 Å². The number of aliphatic hydroxyl groups excluding tert-OH is 1. The minimum Gasteiger partial charge on any atom is -0.395 e. The van der Waals surface area contributed by atoms with Gasteiger partial charge in [-0.1, -0.05) is 19.3 Å². The van der Waals surface area contributed by atoms with Gasteiger partial charge in [-0.05, 0) is 12.3 Å². The van der Waals surface area contributed by atoms with Crippen molar-refractivity contribution in [1.82, 2.24) is 4.31 Å². The quantitative estimate of drug-likeness (QED) is 0.769. The highest BCUT2D eigenvalue weighted by molar-refractivity contribution is 7.89. The van der Waals surface area contributed by atoms with Gasteiger partial charge in [0.1, 0.15) is 0 Å². The summed E-state index contributed by atoms with van der Waals surface area (Å²) in [5.74, 6) is 0.812. The maximum atomic E-state index is 12.2. The molecule has 2 fully saturated rings. The summed E-state index contributed by atoms with van der Waals surface area (Å²) < 4.78 is 30.9. The van der Waals surface area contributed by atoms with E-state index < -0.39 is 16.1 Å². The second kappa shape index (κ2) is 5.65. The summed E-state index contributed by atoms with van der Waals surface area (Å²) in [4.78, 5) is 0. The molecular formula is C11H21NO4S. The fourth-order valence-corrected chi connectivity index (χ4v) is 4.16. The van der Waals surface area contributed by atoms with Gasteiger partial charge in [0, 0.05) is 6.54 Å². The first-order valence-electron chi connectivity index (χ1n) is 6.31. The number of ether oxygens (including phenoxy) is 1. The third kappa shape index (κ3) is 3.19. The molecule has 1 N–H and O–H groups in total. The molecule has 5 nitrogen and oxygen atoms in total. The first kappa shape index (κ1) is 13.3. The Morgan fingerprint density at radius 3 is 2.71 bits per heavy atom. The van der Waals surface area contributed by atoms with Crippen LogP contribution < -0.4 is 0 Å². The Morgan fingerprint density at radius 1 is 1.35 bits per heavy atom. The van der Waals surface area contributed by atoms with E-state index in [2.05, 4.69) is 0 Å². The van der Waals surface area contributed by atoms with Gasteiger partial charge in [-0.2, -0.15) is 4.31 Å². The molecule has 1 saturated carbocycles. The van der Waals surface area contributed by atoms with Crippen molar-refractivity contribution >= 4 is 10.0 Å².